The minimum Gasteiger partial charge on any atom is -0.468 e. The largest absolute Gasteiger partial charge is 0.468 e. The lowest BCUT2D eigenvalue weighted by Gasteiger charge is -2.28. The molecule has 16 heavy (non-hydrogen) atoms. The van der Waals surface area contributed by atoms with Crippen LogP contribution in [0.1, 0.15) is 11.1 Å². The van der Waals surface area contributed by atoms with Gasteiger partial charge in [0.2, 0.25) is 0 Å². The SMILES string of the molecule is COC(=O)C(CN)(CF)c1ccccc1C. The van der Waals surface area contributed by atoms with Crippen molar-refractivity contribution in [2.75, 3.05) is 20.3 Å². The Balaban J connectivity index is 3.32. The lowest BCUT2D eigenvalue weighted by Crippen LogP contribution is -2.46. The molecule has 0 aliphatic heterocycles. The van der Waals surface area contributed by atoms with Crippen LogP contribution in [0.25, 0.3) is 0 Å². The number of carbonyl (C=O) groups is 1. The van der Waals surface area contributed by atoms with Gasteiger partial charge in [0, 0.05) is 6.54 Å². The van der Waals surface area contributed by atoms with Gasteiger partial charge in [-0.05, 0) is 18.1 Å². The van der Waals surface area contributed by atoms with E-state index in [1.54, 1.807) is 12.1 Å². The quantitative estimate of drug-likeness (QED) is 0.786. The second-order valence-electron chi connectivity index (χ2n) is 3.73. The van der Waals surface area contributed by atoms with E-state index in [1.807, 2.05) is 19.1 Å². The molecule has 2 N–H and O–H groups in total. The number of halogens is 1. The van der Waals surface area contributed by atoms with Crippen LogP contribution in [0.5, 0.6) is 0 Å². The van der Waals surface area contributed by atoms with Crippen LogP contribution in [0.15, 0.2) is 24.3 Å². The number of rotatable bonds is 4. The topological polar surface area (TPSA) is 52.3 Å². The molecule has 0 aliphatic rings. The van der Waals surface area contributed by atoms with E-state index in [-0.39, 0.29) is 6.54 Å². The van der Waals surface area contributed by atoms with Crippen molar-refractivity contribution in [1.29, 1.82) is 0 Å². The molecule has 1 atom stereocenters. The van der Waals surface area contributed by atoms with Crippen LogP contribution >= 0.6 is 0 Å². The predicted molar refractivity (Wildman–Crippen MR) is 59.9 cm³/mol. The molecule has 1 rings (SSSR count). The van der Waals surface area contributed by atoms with E-state index in [1.165, 1.54) is 7.11 Å². The zero-order chi connectivity index (χ0) is 12.2. The van der Waals surface area contributed by atoms with Crippen molar-refractivity contribution in [3.63, 3.8) is 0 Å². The molecule has 0 heterocycles. The molecule has 3 nitrogen and oxygen atoms in total. The number of alkyl halides is 1. The van der Waals surface area contributed by atoms with E-state index in [9.17, 15) is 9.18 Å². The van der Waals surface area contributed by atoms with Gasteiger partial charge >= 0.3 is 5.97 Å². The monoisotopic (exact) mass is 225 g/mol. The maximum atomic E-state index is 13.2. The number of ether oxygens (including phenoxy) is 1. The Morgan fingerprint density at radius 1 is 1.50 bits per heavy atom. The Labute approximate surface area is 94.4 Å². The second kappa shape index (κ2) is 5.07. The van der Waals surface area contributed by atoms with Gasteiger partial charge in [-0.3, -0.25) is 4.79 Å². The Hall–Kier alpha value is -1.42. The number of methoxy groups -OCH3 is 1. The fraction of sp³-hybridized carbons (Fsp3) is 0.417. The van der Waals surface area contributed by atoms with Crippen molar-refractivity contribution in [2.24, 2.45) is 5.73 Å². The van der Waals surface area contributed by atoms with Gasteiger partial charge in [-0.15, -0.1) is 0 Å². The van der Waals surface area contributed by atoms with Gasteiger partial charge in [0.1, 0.15) is 12.1 Å². The summed E-state index contributed by atoms with van der Waals surface area (Å²) in [6.07, 6.45) is 0. The molecule has 4 heteroatoms. The molecule has 0 bridgehead atoms. The van der Waals surface area contributed by atoms with Gasteiger partial charge < -0.3 is 10.5 Å². The fourth-order valence-corrected chi connectivity index (χ4v) is 1.79. The second-order valence-corrected chi connectivity index (χ2v) is 3.73. The summed E-state index contributed by atoms with van der Waals surface area (Å²) in [5, 5.41) is 0. The Morgan fingerprint density at radius 2 is 2.12 bits per heavy atom. The number of carbonyl (C=O) groups excluding carboxylic acids is 1. The van der Waals surface area contributed by atoms with Crippen molar-refractivity contribution >= 4 is 5.97 Å². The van der Waals surface area contributed by atoms with Crippen LogP contribution in [0, 0.1) is 6.92 Å². The summed E-state index contributed by atoms with van der Waals surface area (Å²) >= 11 is 0. The molecule has 0 aromatic heterocycles. The first kappa shape index (κ1) is 12.6. The minimum atomic E-state index is -1.37. The lowest BCUT2D eigenvalue weighted by atomic mass is 9.79. The van der Waals surface area contributed by atoms with Crippen molar-refractivity contribution in [1.82, 2.24) is 0 Å². The minimum absolute atomic E-state index is 0.110. The first-order valence-electron chi connectivity index (χ1n) is 5.03. The Kier molecular flexibility index (Phi) is 4.01. The maximum absolute atomic E-state index is 13.2. The summed E-state index contributed by atoms with van der Waals surface area (Å²) in [5.74, 6) is -0.633. The summed E-state index contributed by atoms with van der Waals surface area (Å²) in [5.41, 5.74) is 5.60. The highest BCUT2D eigenvalue weighted by molar-refractivity contribution is 5.84. The number of esters is 1. The molecule has 88 valence electrons. The molecule has 0 spiro atoms. The summed E-state index contributed by atoms with van der Waals surface area (Å²) in [6, 6.07) is 7.11. The van der Waals surface area contributed by atoms with Crippen LogP contribution < -0.4 is 5.73 Å². The van der Waals surface area contributed by atoms with Crippen molar-refractivity contribution in [3.05, 3.63) is 35.4 Å². The molecule has 0 saturated carbocycles. The summed E-state index contributed by atoms with van der Waals surface area (Å²) in [4.78, 5) is 11.7. The highest BCUT2D eigenvalue weighted by Gasteiger charge is 2.41. The number of aryl methyl sites for hydroxylation is 1. The third-order valence-electron chi connectivity index (χ3n) is 2.81. The zero-order valence-electron chi connectivity index (χ0n) is 9.50. The van der Waals surface area contributed by atoms with E-state index < -0.39 is 18.1 Å². The third kappa shape index (κ3) is 1.93. The molecule has 0 aliphatic carbocycles. The van der Waals surface area contributed by atoms with Gasteiger partial charge in [0.05, 0.1) is 7.11 Å². The maximum Gasteiger partial charge on any atom is 0.320 e. The average molecular weight is 225 g/mol. The molecule has 0 fully saturated rings. The molecule has 0 radical (unpaired) electrons. The third-order valence-corrected chi connectivity index (χ3v) is 2.81. The highest BCUT2D eigenvalue weighted by Crippen LogP contribution is 2.28. The van der Waals surface area contributed by atoms with Crippen molar-refractivity contribution in [3.8, 4) is 0 Å². The molecule has 0 amide bonds. The van der Waals surface area contributed by atoms with E-state index >= 15 is 0 Å². The normalized spacial score (nSPS) is 14.2. The van der Waals surface area contributed by atoms with Crippen molar-refractivity contribution in [2.45, 2.75) is 12.3 Å². The van der Waals surface area contributed by atoms with Gasteiger partial charge in [-0.25, -0.2) is 4.39 Å². The summed E-state index contributed by atoms with van der Waals surface area (Å²) < 4.78 is 17.9. The highest BCUT2D eigenvalue weighted by atomic mass is 19.1. The van der Waals surface area contributed by atoms with Crippen LogP contribution in [0.4, 0.5) is 4.39 Å². The predicted octanol–water partition coefficient (Wildman–Crippen LogP) is 1.33. The standard InChI is InChI=1S/C12H16FNO2/c1-9-5-3-4-6-10(9)12(7-13,8-14)11(15)16-2/h3-6H,7-8,14H2,1-2H3. The number of nitrogens with two attached hydrogens (primary N) is 1. The molecule has 1 aromatic rings. The number of benzene rings is 1. The zero-order valence-corrected chi connectivity index (χ0v) is 9.50. The van der Waals surface area contributed by atoms with Crippen LogP contribution in [0.3, 0.4) is 0 Å². The fourth-order valence-electron chi connectivity index (χ4n) is 1.79. The van der Waals surface area contributed by atoms with Crippen LogP contribution in [-0.4, -0.2) is 26.3 Å². The van der Waals surface area contributed by atoms with Crippen LogP contribution in [-0.2, 0) is 14.9 Å². The van der Waals surface area contributed by atoms with Crippen LogP contribution in [0.2, 0.25) is 0 Å². The smallest absolute Gasteiger partial charge is 0.320 e. The van der Waals surface area contributed by atoms with Gasteiger partial charge in [0.25, 0.3) is 0 Å². The van der Waals surface area contributed by atoms with Gasteiger partial charge in [0.15, 0.2) is 0 Å². The van der Waals surface area contributed by atoms with E-state index in [2.05, 4.69) is 4.74 Å². The van der Waals surface area contributed by atoms with E-state index in [4.69, 9.17) is 5.73 Å². The Bertz CT molecular complexity index is 375. The molecule has 1 aromatic carbocycles. The van der Waals surface area contributed by atoms with Gasteiger partial charge in [-0.2, -0.15) is 0 Å². The molecule has 0 saturated heterocycles. The number of hydrogen-bond donors (Lipinski definition) is 1. The van der Waals surface area contributed by atoms with E-state index in [0.29, 0.717) is 5.56 Å². The van der Waals surface area contributed by atoms with Gasteiger partial charge in [-0.1, -0.05) is 24.3 Å². The average Bonchev–Trinajstić information content (AvgIpc) is 2.33. The number of hydrogen-bond acceptors (Lipinski definition) is 3. The molecule has 1 unspecified atom stereocenters. The molecular formula is C12H16FNO2. The first-order valence-corrected chi connectivity index (χ1v) is 5.03. The van der Waals surface area contributed by atoms with E-state index in [0.717, 1.165) is 5.56 Å². The summed E-state index contributed by atoms with van der Waals surface area (Å²) in [6.45, 7) is 0.848. The van der Waals surface area contributed by atoms with Crippen molar-refractivity contribution < 1.29 is 13.9 Å². The molecular weight excluding hydrogens is 209 g/mol. The Morgan fingerprint density at radius 3 is 2.56 bits per heavy atom. The summed E-state index contributed by atoms with van der Waals surface area (Å²) in [7, 11) is 1.24. The first-order chi connectivity index (χ1) is 7.62. The lowest BCUT2D eigenvalue weighted by molar-refractivity contribution is -0.148.